The molecule has 0 bridgehead atoms. The molecule has 2 unspecified atom stereocenters. The molecule has 17 heavy (non-hydrogen) atoms. The molecule has 1 rings (SSSR count). The fourth-order valence-corrected chi connectivity index (χ4v) is 1.69. The van der Waals surface area contributed by atoms with Gasteiger partial charge in [0.2, 0.25) is 0 Å². The molecule has 0 fully saturated rings. The molecule has 1 aromatic carbocycles. The Morgan fingerprint density at radius 3 is 2.47 bits per heavy atom. The van der Waals surface area contributed by atoms with E-state index in [1.807, 2.05) is 13.8 Å². The van der Waals surface area contributed by atoms with Crippen LogP contribution in [0.2, 0.25) is 0 Å². The van der Waals surface area contributed by atoms with Crippen LogP contribution in [0.25, 0.3) is 0 Å². The Bertz CT molecular complexity index is 378. The fraction of sp³-hybridized carbons (Fsp3) is 0.538. The maximum Gasteiger partial charge on any atom is 0.159 e. The summed E-state index contributed by atoms with van der Waals surface area (Å²) in [5.41, 5.74) is 6.27. The molecule has 0 aliphatic carbocycles. The van der Waals surface area contributed by atoms with Gasteiger partial charge in [-0.25, -0.2) is 8.78 Å². The minimum Gasteiger partial charge on any atom is -0.377 e. The van der Waals surface area contributed by atoms with Crippen LogP contribution in [0.3, 0.4) is 0 Å². The summed E-state index contributed by atoms with van der Waals surface area (Å²) in [6.45, 7) is 3.89. The SMILES string of the molecule is CCC(C)(OC)C(N)Cc1ccc(F)c(F)c1. The number of halogens is 2. The Balaban J connectivity index is 2.80. The summed E-state index contributed by atoms with van der Waals surface area (Å²) in [7, 11) is 1.61. The first kappa shape index (κ1) is 14.1. The normalized spacial score (nSPS) is 16.6. The monoisotopic (exact) mass is 243 g/mol. The average Bonchev–Trinajstić information content (AvgIpc) is 2.32. The first-order valence-electron chi connectivity index (χ1n) is 5.67. The van der Waals surface area contributed by atoms with Crippen molar-refractivity contribution in [2.24, 2.45) is 5.73 Å². The lowest BCUT2D eigenvalue weighted by molar-refractivity contribution is -0.0184. The Morgan fingerprint density at radius 1 is 1.35 bits per heavy atom. The van der Waals surface area contributed by atoms with Crippen molar-refractivity contribution in [2.75, 3.05) is 7.11 Å². The zero-order valence-electron chi connectivity index (χ0n) is 10.5. The quantitative estimate of drug-likeness (QED) is 0.862. The zero-order chi connectivity index (χ0) is 13.1. The van der Waals surface area contributed by atoms with Crippen molar-refractivity contribution in [3.8, 4) is 0 Å². The molecule has 2 nitrogen and oxygen atoms in total. The van der Waals surface area contributed by atoms with Gasteiger partial charge in [0.1, 0.15) is 0 Å². The van der Waals surface area contributed by atoms with E-state index in [9.17, 15) is 8.78 Å². The van der Waals surface area contributed by atoms with E-state index in [0.717, 1.165) is 12.5 Å². The smallest absolute Gasteiger partial charge is 0.159 e. The van der Waals surface area contributed by atoms with Crippen molar-refractivity contribution in [3.63, 3.8) is 0 Å². The van der Waals surface area contributed by atoms with Gasteiger partial charge in [0.05, 0.1) is 5.60 Å². The maximum atomic E-state index is 13.0. The molecule has 96 valence electrons. The van der Waals surface area contributed by atoms with Crippen LogP contribution in [0.1, 0.15) is 25.8 Å². The lowest BCUT2D eigenvalue weighted by Crippen LogP contribution is -2.48. The summed E-state index contributed by atoms with van der Waals surface area (Å²) >= 11 is 0. The van der Waals surface area contributed by atoms with E-state index in [4.69, 9.17) is 10.5 Å². The molecule has 0 heterocycles. The summed E-state index contributed by atoms with van der Waals surface area (Å²) in [6, 6.07) is 3.58. The zero-order valence-corrected chi connectivity index (χ0v) is 10.5. The molecule has 2 N–H and O–H groups in total. The largest absolute Gasteiger partial charge is 0.377 e. The van der Waals surface area contributed by atoms with E-state index in [1.165, 1.54) is 6.07 Å². The Morgan fingerprint density at radius 2 is 2.00 bits per heavy atom. The molecule has 0 spiro atoms. The minimum atomic E-state index is -0.842. The van der Waals surface area contributed by atoms with E-state index in [-0.39, 0.29) is 6.04 Å². The summed E-state index contributed by atoms with van der Waals surface area (Å²) in [6.07, 6.45) is 1.21. The predicted octanol–water partition coefficient (Wildman–Crippen LogP) is 2.65. The van der Waals surface area contributed by atoms with Crippen molar-refractivity contribution in [1.29, 1.82) is 0 Å². The number of hydrogen-bond donors (Lipinski definition) is 1. The van der Waals surface area contributed by atoms with E-state index in [1.54, 1.807) is 13.2 Å². The van der Waals surface area contributed by atoms with Gasteiger partial charge < -0.3 is 10.5 Å². The summed E-state index contributed by atoms with van der Waals surface area (Å²) in [4.78, 5) is 0. The Hall–Kier alpha value is -1.00. The number of ether oxygens (including phenoxy) is 1. The van der Waals surface area contributed by atoms with Crippen LogP contribution in [0, 0.1) is 11.6 Å². The molecule has 0 radical (unpaired) electrons. The molecular weight excluding hydrogens is 224 g/mol. The van der Waals surface area contributed by atoms with Crippen LogP contribution in [0.15, 0.2) is 18.2 Å². The van der Waals surface area contributed by atoms with Crippen LogP contribution >= 0.6 is 0 Å². The van der Waals surface area contributed by atoms with Crippen LogP contribution in [0.4, 0.5) is 8.78 Å². The molecule has 1 aromatic rings. The lowest BCUT2D eigenvalue weighted by Gasteiger charge is -2.33. The molecular formula is C13H19F2NO. The van der Waals surface area contributed by atoms with Crippen LogP contribution in [0.5, 0.6) is 0 Å². The highest BCUT2D eigenvalue weighted by atomic mass is 19.2. The standard InChI is InChI=1S/C13H19F2NO/c1-4-13(2,17-3)12(16)8-9-5-6-10(14)11(15)7-9/h5-7,12H,4,8,16H2,1-3H3. The van der Waals surface area contributed by atoms with Crippen LogP contribution in [-0.2, 0) is 11.2 Å². The third-order valence-corrected chi connectivity index (χ3v) is 3.39. The second-order valence-electron chi connectivity index (χ2n) is 4.43. The lowest BCUT2D eigenvalue weighted by atomic mass is 9.89. The molecule has 0 saturated heterocycles. The van der Waals surface area contributed by atoms with Gasteiger partial charge in [-0.3, -0.25) is 0 Å². The molecule has 0 amide bonds. The summed E-state index contributed by atoms with van der Waals surface area (Å²) in [5.74, 6) is -1.68. The van der Waals surface area contributed by atoms with Crippen LogP contribution < -0.4 is 5.73 Å². The fourth-order valence-electron chi connectivity index (χ4n) is 1.69. The highest BCUT2D eigenvalue weighted by molar-refractivity contribution is 5.19. The van der Waals surface area contributed by atoms with E-state index in [0.29, 0.717) is 12.0 Å². The molecule has 0 aliphatic heterocycles. The highest BCUT2D eigenvalue weighted by Gasteiger charge is 2.29. The second kappa shape index (κ2) is 5.56. The van der Waals surface area contributed by atoms with Crippen molar-refractivity contribution >= 4 is 0 Å². The van der Waals surface area contributed by atoms with E-state index in [2.05, 4.69) is 0 Å². The third-order valence-electron chi connectivity index (χ3n) is 3.39. The third kappa shape index (κ3) is 3.23. The van der Waals surface area contributed by atoms with Gasteiger partial charge in [-0.1, -0.05) is 13.0 Å². The average molecular weight is 243 g/mol. The van der Waals surface area contributed by atoms with E-state index < -0.39 is 17.2 Å². The Kier molecular flexibility index (Phi) is 4.60. The molecule has 0 aromatic heterocycles. The molecule has 4 heteroatoms. The van der Waals surface area contributed by atoms with Crippen molar-refractivity contribution in [2.45, 2.75) is 38.3 Å². The predicted molar refractivity (Wildman–Crippen MR) is 63.7 cm³/mol. The van der Waals surface area contributed by atoms with Crippen molar-refractivity contribution < 1.29 is 13.5 Å². The Labute approximate surface area is 101 Å². The van der Waals surface area contributed by atoms with Crippen LogP contribution in [-0.4, -0.2) is 18.8 Å². The highest BCUT2D eigenvalue weighted by Crippen LogP contribution is 2.21. The van der Waals surface area contributed by atoms with Gasteiger partial charge >= 0.3 is 0 Å². The first-order chi connectivity index (χ1) is 7.92. The van der Waals surface area contributed by atoms with Gasteiger partial charge in [-0.2, -0.15) is 0 Å². The van der Waals surface area contributed by atoms with Crippen molar-refractivity contribution in [1.82, 2.24) is 0 Å². The number of benzene rings is 1. The molecule has 0 aliphatic rings. The van der Waals surface area contributed by atoms with Crippen molar-refractivity contribution in [3.05, 3.63) is 35.4 Å². The molecule has 2 atom stereocenters. The topological polar surface area (TPSA) is 35.2 Å². The van der Waals surface area contributed by atoms with Gasteiger partial charge in [0.25, 0.3) is 0 Å². The first-order valence-corrected chi connectivity index (χ1v) is 5.67. The van der Waals surface area contributed by atoms with Gasteiger partial charge in [0.15, 0.2) is 11.6 Å². The maximum absolute atomic E-state index is 13.0. The number of methoxy groups -OCH3 is 1. The molecule has 0 saturated carbocycles. The van der Waals surface area contributed by atoms with Gasteiger partial charge in [0, 0.05) is 13.2 Å². The van der Waals surface area contributed by atoms with Gasteiger partial charge in [-0.05, 0) is 37.5 Å². The summed E-state index contributed by atoms with van der Waals surface area (Å²) < 4.78 is 31.2. The summed E-state index contributed by atoms with van der Waals surface area (Å²) in [5, 5.41) is 0. The number of nitrogens with two attached hydrogens (primary N) is 1. The van der Waals surface area contributed by atoms with Gasteiger partial charge in [-0.15, -0.1) is 0 Å². The second-order valence-corrected chi connectivity index (χ2v) is 4.43. The number of rotatable bonds is 5. The van der Waals surface area contributed by atoms with E-state index >= 15 is 0 Å². The minimum absolute atomic E-state index is 0.262. The number of hydrogen-bond acceptors (Lipinski definition) is 2.